The van der Waals surface area contributed by atoms with Crippen molar-refractivity contribution >= 4 is 40.2 Å². The van der Waals surface area contributed by atoms with Gasteiger partial charge in [0.05, 0.1) is 12.7 Å². The second-order valence-corrected chi connectivity index (χ2v) is 5.41. The molecule has 4 heteroatoms. The van der Waals surface area contributed by atoms with Crippen molar-refractivity contribution in [3.63, 3.8) is 0 Å². The van der Waals surface area contributed by atoms with Crippen molar-refractivity contribution in [3.05, 3.63) is 56.6 Å². The Kier molecular flexibility index (Phi) is 4.24. The van der Waals surface area contributed by atoms with Gasteiger partial charge in [-0.1, -0.05) is 23.7 Å². The molecule has 0 bridgehead atoms. The zero-order valence-electron chi connectivity index (χ0n) is 9.61. The number of rotatable bonds is 2. The molecule has 92 valence electrons. The summed E-state index contributed by atoms with van der Waals surface area (Å²) in [6.45, 7) is 0. The Morgan fingerprint density at radius 2 is 1.78 bits per heavy atom. The maximum atomic E-state index is 11.6. The highest BCUT2D eigenvalue weighted by molar-refractivity contribution is 14.1. The molecule has 2 aromatic carbocycles. The lowest BCUT2D eigenvalue weighted by atomic mass is 10.0. The first kappa shape index (κ1) is 13.4. The molecule has 0 saturated carbocycles. The van der Waals surface area contributed by atoms with Gasteiger partial charge in [-0.25, -0.2) is 4.79 Å². The Bertz CT molecular complexity index is 579. The fourth-order valence-electron chi connectivity index (χ4n) is 1.63. The van der Waals surface area contributed by atoms with E-state index in [1.165, 1.54) is 7.11 Å². The molecule has 0 aliphatic carbocycles. The number of methoxy groups -OCH3 is 1. The van der Waals surface area contributed by atoms with Crippen LogP contribution in [0.1, 0.15) is 10.4 Å². The molecule has 0 aliphatic heterocycles. The Morgan fingerprint density at radius 1 is 1.11 bits per heavy atom. The van der Waals surface area contributed by atoms with Crippen LogP contribution < -0.4 is 0 Å². The first-order chi connectivity index (χ1) is 8.60. The first-order valence-corrected chi connectivity index (χ1v) is 6.70. The number of hydrogen-bond donors (Lipinski definition) is 0. The summed E-state index contributed by atoms with van der Waals surface area (Å²) in [4.78, 5) is 11.6. The average molecular weight is 373 g/mol. The highest BCUT2D eigenvalue weighted by Crippen LogP contribution is 2.25. The summed E-state index contributed by atoms with van der Waals surface area (Å²) in [5, 5.41) is 0.692. The van der Waals surface area contributed by atoms with Gasteiger partial charge in [-0.2, -0.15) is 0 Å². The van der Waals surface area contributed by atoms with E-state index in [9.17, 15) is 4.79 Å². The van der Waals surface area contributed by atoms with E-state index in [1.54, 1.807) is 6.07 Å². The second-order valence-electron chi connectivity index (χ2n) is 3.73. The number of carbonyl (C=O) groups is 1. The van der Waals surface area contributed by atoms with Gasteiger partial charge >= 0.3 is 5.97 Å². The Labute approximate surface area is 124 Å². The van der Waals surface area contributed by atoms with Gasteiger partial charge in [0.1, 0.15) is 0 Å². The van der Waals surface area contributed by atoms with Crippen molar-refractivity contribution < 1.29 is 9.53 Å². The van der Waals surface area contributed by atoms with E-state index in [2.05, 4.69) is 22.6 Å². The van der Waals surface area contributed by atoms with Gasteiger partial charge in [-0.15, -0.1) is 0 Å². The van der Waals surface area contributed by atoms with Crippen LogP contribution in [0.3, 0.4) is 0 Å². The van der Waals surface area contributed by atoms with Crippen LogP contribution in [0.5, 0.6) is 0 Å². The van der Waals surface area contributed by atoms with Gasteiger partial charge in [-0.3, -0.25) is 0 Å². The van der Waals surface area contributed by atoms with Crippen LogP contribution in [0.2, 0.25) is 5.02 Å². The van der Waals surface area contributed by atoms with Crippen LogP contribution in [0.4, 0.5) is 0 Å². The summed E-state index contributed by atoms with van der Waals surface area (Å²) >= 11 is 8.04. The molecule has 0 unspecified atom stereocenters. The monoisotopic (exact) mass is 372 g/mol. The largest absolute Gasteiger partial charge is 0.465 e. The lowest BCUT2D eigenvalue weighted by Gasteiger charge is -2.06. The van der Waals surface area contributed by atoms with E-state index in [4.69, 9.17) is 16.3 Å². The van der Waals surface area contributed by atoms with Gasteiger partial charge < -0.3 is 4.74 Å². The van der Waals surface area contributed by atoms with Gasteiger partial charge in [0.25, 0.3) is 0 Å². The van der Waals surface area contributed by atoms with E-state index < -0.39 is 0 Å². The number of ether oxygens (including phenoxy) is 1. The molecule has 0 spiro atoms. The number of halogens is 2. The van der Waals surface area contributed by atoms with Gasteiger partial charge in [0.2, 0.25) is 0 Å². The van der Waals surface area contributed by atoms with Crippen molar-refractivity contribution in [1.29, 1.82) is 0 Å². The average Bonchev–Trinajstić information content (AvgIpc) is 2.38. The molecule has 0 radical (unpaired) electrons. The van der Waals surface area contributed by atoms with E-state index in [0.717, 1.165) is 14.7 Å². The molecule has 0 saturated heterocycles. The first-order valence-electron chi connectivity index (χ1n) is 5.25. The predicted octanol–water partition coefficient (Wildman–Crippen LogP) is 4.40. The standard InChI is InChI=1S/C14H10ClIO2/c1-18-14(17)11-6-10(7-13(16)8-11)9-2-4-12(15)5-3-9/h2-8H,1H3. The van der Waals surface area contributed by atoms with E-state index in [0.29, 0.717) is 10.6 Å². The quantitative estimate of drug-likeness (QED) is 0.577. The topological polar surface area (TPSA) is 26.3 Å². The summed E-state index contributed by atoms with van der Waals surface area (Å²) < 4.78 is 5.72. The normalized spacial score (nSPS) is 10.2. The fourth-order valence-corrected chi connectivity index (χ4v) is 2.43. The van der Waals surface area contributed by atoms with Gasteiger partial charge in [-0.05, 0) is 64.0 Å². The molecule has 2 rings (SSSR count). The van der Waals surface area contributed by atoms with Crippen molar-refractivity contribution in [1.82, 2.24) is 0 Å². The maximum Gasteiger partial charge on any atom is 0.337 e. The van der Waals surface area contributed by atoms with Gasteiger partial charge in [0, 0.05) is 8.59 Å². The van der Waals surface area contributed by atoms with Crippen LogP contribution in [0.15, 0.2) is 42.5 Å². The molecule has 0 amide bonds. The summed E-state index contributed by atoms with van der Waals surface area (Å²) in [7, 11) is 1.38. The number of carbonyl (C=O) groups excluding carboxylic acids is 1. The van der Waals surface area contributed by atoms with E-state index in [1.807, 2.05) is 36.4 Å². The molecule has 0 aromatic heterocycles. The molecule has 2 nitrogen and oxygen atoms in total. The SMILES string of the molecule is COC(=O)c1cc(I)cc(-c2ccc(Cl)cc2)c1. The summed E-state index contributed by atoms with van der Waals surface area (Å²) in [5.41, 5.74) is 2.54. The van der Waals surface area contributed by atoms with Crippen LogP contribution >= 0.6 is 34.2 Å². The minimum Gasteiger partial charge on any atom is -0.465 e. The lowest BCUT2D eigenvalue weighted by Crippen LogP contribution is -2.01. The molecule has 0 fully saturated rings. The lowest BCUT2D eigenvalue weighted by molar-refractivity contribution is 0.0600. The molecule has 2 aromatic rings. The van der Waals surface area contributed by atoms with Crippen LogP contribution in [0, 0.1) is 3.57 Å². The van der Waals surface area contributed by atoms with Crippen molar-refractivity contribution in [3.8, 4) is 11.1 Å². The molecule has 0 N–H and O–H groups in total. The minimum atomic E-state index is -0.330. The molecule has 0 atom stereocenters. The Balaban J connectivity index is 2.48. The van der Waals surface area contributed by atoms with Gasteiger partial charge in [0.15, 0.2) is 0 Å². The second kappa shape index (κ2) is 5.71. The highest BCUT2D eigenvalue weighted by atomic mass is 127. The molecular formula is C14H10ClIO2. The summed E-state index contributed by atoms with van der Waals surface area (Å²) in [5.74, 6) is -0.330. The number of esters is 1. The summed E-state index contributed by atoms with van der Waals surface area (Å²) in [6, 6.07) is 13.1. The third-order valence-electron chi connectivity index (χ3n) is 2.50. The van der Waals surface area contributed by atoms with Crippen molar-refractivity contribution in [2.24, 2.45) is 0 Å². The van der Waals surface area contributed by atoms with Crippen LogP contribution in [-0.2, 0) is 4.74 Å². The van der Waals surface area contributed by atoms with E-state index >= 15 is 0 Å². The Hall–Kier alpha value is -1.07. The third-order valence-corrected chi connectivity index (χ3v) is 3.37. The zero-order chi connectivity index (χ0) is 13.1. The van der Waals surface area contributed by atoms with Crippen LogP contribution in [0.25, 0.3) is 11.1 Å². The maximum absolute atomic E-state index is 11.6. The van der Waals surface area contributed by atoms with Crippen LogP contribution in [-0.4, -0.2) is 13.1 Å². The third kappa shape index (κ3) is 3.03. The van der Waals surface area contributed by atoms with Crippen molar-refractivity contribution in [2.75, 3.05) is 7.11 Å². The molecule has 0 heterocycles. The Morgan fingerprint density at radius 3 is 2.39 bits per heavy atom. The highest BCUT2D eigenvalue weighted by Gasteiger charge is 2.09. The zero-order valence-corrected chi connectivity index (χ0v) is 12.5. The fraction of sp³-hybridized carbons (Fsp3) is 0.0714. The number of hydrogen-bond acceptors (Lipinski definition) is 2. The number of benzene rings is 2. The molecular weight excluding hydrogens is 363 g/mol. The summed E-state index contributed by atoms with van der Waals surface area (Å²) in [6.07, 6.45) is 0. The molecule has 18 heavy (non-hydrogen) atoms. The molecule has 0 aliphatic rings. The van der Waals surface area contributed by atoms with Crippen molar-refractivity contribution in [2.45, 2.75) is 0 Å². The minimum absolute atomic E-state index is 0.330. The smallest absolute Gasteiger partial charge is 0.337 e. The van der Waals surface area contributed by atoms with E-state index in [-0.39, 0.29) is 5.97 Å². The predicted molar refractivity (Wildman–Crippen MR) is 80.9 cm³/mol.